The Kier molecular flexibility index (Phi) is 3.92. The Hall–Kier alpha value is -1.87. The van der Waals surface area contributed by atoms with Crippen molar-refractivity contribution in [3.8, 4) is 0 Å². The number of carbonyl (C=O) groups excluding carboxylic acids is 1. The summed E-state index contributed by atoms with van der Waals surface area (Å²) in [4.78, 5) is 11.9. The van der Waals surface area contributed by atoms with Crippen molar-refractivity contribution in [2.75, 3.05) is 0 Å². The minimum Gasteiger partial charge on any atom is -0.460 e. The van der Waals surface area contributed by atoms with Crippen LogP contribution in [0.4, 0.5) is 0 Å². The molecule has 0 heterocycles. The van der Waals surface area contributed by atoms with Crippen molar-refractivity contribution in [2.45, 2.75) is 24.8 Å². The number of fused-ring (bicyclic) bond motifs is 2. The van der Waals surface area contributed by atoms with Crippen molar-refractivity contribution in [2.24, 2.45) is 0 Å². The summed E-state index contributed by atoms with van der Waals surface area (Å²) in [6, 6.07) is 18.7. The second kappa shape index (κ2) is 5.73. The van der Waals surface area contributed by atoms with Crippen LogP contribution in [0.2, 0.25) is 0 Å². The highest BCUT2D eigenvalue weighted by Gasteiger charge is 2.25. The summed E-state index contributed by atoms with van der Waals surface area (Å²) in [5, 5.41) is 4.69. The Morgan fingerprint density at radius 2 is 1.64 bits per heavy atom. The van der Waals surface area contributed by atoms with E-state index in [1.165, 1.54) is 10.8 Å². The molecular formula is C19H17BrO2. The molecule has 0 N–H and O–H groups in total. The highest BCUT2D eigenvalue weighted by atomic mass is 79.9. The Morgan fingerprint density at radius 3 is 2.32 bits per heavy atom. The summed E-state index contributed by atoms with van der Waals surface area (Å²) in [5.41, 5.74) is 1.02. The quantitative estimate of drug-likeness (QED) is 0.365. The predicted molar refractivity (Wildman–Crippen MR) is 94.3 cm³/mol. The summed E-state index contributed by atoms with van der Waals surface area (Å²) < 4.78 is 4.76. The topological polar surface area (TPSA) is 26.3 Å². The molecule has 0 aromatic heterocycles. The molecule has 0 radical (unpaired) electrons. The summed E-state index contributed by atoms with van der Waals surface area (Å²) >= 11 is 3.33. The van der Waals surface area contributed by atoms with Crippen LogP contribution >= 0.6 is 15.9 Å². The van der Waals surface area contributed by atoms with E-state index >= 15 is 0 Å². The molecule has 0 unspecified atom stereocenters. The number of rotatable bonds is 3. The summed E-state index contributed by atoms with van der Waals surface area (Å²) in [6.07, 6.45) is 0. The van der Waals surface area contributed by atoms with Crippen LogP contribution in [0.1, 0.15) is 19.4 Å². The van der Waals surface area contributed by atoms with Gasteiger partial charge in [-0.1, -0.05) is 58.4 Å². The van der Waals surface area contributed by atoms with Gasteiger partial charge in [-0.05, 0) is 53.1 Å². The molecule has 3 heteroatoms. The van der Waals surface area contributed by atoms with Gasteiger partial charge in [0.1, 0.15) is 10.9 Å². The molecule has 0 aliphatic rings. The van der Waals surface area contributed by atoms with E-state index in [-0.39, 0.29) is 12.6 Å². The average molecular weight is 357 g/mol. The lowest BCUT2D eigenvalue weighted by atomic mass is 10.00. The van der Waals surface area contributed by atoms with Crippen molar-refractivity contribution < 1.29 is 9.53 Å². The largest absolute Gasteiger partial charge is 0.460 e. The number of halogens is 1. The van der Waals surface area contributed by atoms with E-state index < -0.39 is 4.32 Å². The lowest BCUT2D eigenvalue weighted by molar-refractivity contribution is -0.146. The summed E-state index contributed by atoms with van der Waals surface area (Å²) in [5.74, 6) is -0.259. The van der Waals surface area contributed by atoms with Crippen molar-refractivity contribution in [1.82, 2.24) is 0 Å². The summed E-state index contributed by atoms with van der Waals surface area (Å²) in [7, 11) is 0. The SMILES string of the molecule is CC(C)(Br)C(=O)OCc1cccc2cc3ccccc3cc12. The van der Waals surface area contributed by atoms with E-state index in [9.17, 15) is 4.79 Å². The van der Waals surface area contributed by atoms with Gasteiger partial charge in [0.05, 0.1) is 0 Å². The number of alkyl halides is 1. The van der Waals surface area contributed by atoms with Crippen molar-refractivity contribution >= 4 is 43.4 Å². The number of hydrogen-bond donors (Lipinski definition) is 0. The molecular weight excluding hydrogens is 340 g/mol. The van der Waals surface area contributed by atoms with Gasteiger partial charge in [0, 0.05) is 0 Å². The minimum absolute atomic E-state index is 0.259. The first-order valence-electron chi connectivity index (χ1n) is 7.22. The number of ether oxygens (including phenoxy) is 1. The van der Waals surface area contributed by atoms with Crippen LogP contribution in [0.3, 0.4) is 0 Å². The minimum atomic E-state index is -0.662. The third-order valence-electron chi connectivity index (χ3n) is 3.68. The molecule has 0 amide bonds. The Bertz CT molecular complexity index is 847. The van der Waals surface area contributed by atoms with Crippen LogP contribution in [0.5, 0.6) is 0 Å². The smallest absolute Gasteiger partial charge is 0.322 e. The highest BCUT2D eigenvalue weighted by molar-refractivity contribution is 9.10. The second-order valence-electron chi connectivity index (χ2n) is 5.89. The van der Waals surface area contributed by atoms with Crippen LogP contribution in [0.15, 0.2) is 54.6 Å². The van der Waals surface area contributed by atoms with Crippen molar-refractivity contribution in [3.63, 3.8) is 0 Å². The van der Waals surface area contributed by atoms with Gasteiger partial charge in [0.15, 0.2) is 0 Å². The molecule has 3 rings (SSSR count). The van der Waals surface area contributed by atoms with Gasteiger partial charge in [-0.25, -0.2) is 0 Å². The molecule has 0 saturated heterocycles. The van der Waals surface area contributed by atoms with Crippen molar-refractivity contribution in [3.05, 3.63) is 60.2 Å². The second-order valence-corrected chi connectivity index (χ2v) is 7.87. The lowest BCUT2D eigenvalue weighted by Gasteiger charge is -2.15. The molecule has 0 spiro atoms. The van der Waals surface area contributed by atoms with E-state index in [1.54, 1.807) is 13.8 Å². The third kappa shape index (κ3) is 3.00. The fraction of sp³-hybridized carbons (Fsp3) is 0.211. The van der Waals surface area contributed by atoms with Gasteiger partial charge in [0.2, 0.25) is 0 Å². The van der Waals surface area contributed by atoms with Gasteiger partial charge in [-0.2, -0.15) is 0 Å². The number of benzene rings is 3. The Balaban J connectivity index is 1.99. The summed E-state index contributed by atoms with van der Waals surface area (Å²) in [6.45, 7) is 3.85. The maximum absolute atomic E-state index is 11.9. The molecule has 3 aromatic carbocycles. The van der Waals surface area contributed by atoms with E-state index in [0.717, 1.165) is 16.3 Å². The first-order valence-corrected chi connectivity index (χ1v) is 8.01. The average Bonchev–Trinajstić information content (AvgIpc) is 2.49. The fourth-order valence-corrected chi connectivity index (χ4v) is 2.59. The zero-order valence-electron chi connectivity index (χ0n) is 12.6. The molecule has 0 atom stereocenters. The number of hydrogen-bond acceptors (Lipinski definition) is 2. The van der Waals surface area contributed by atoms with E-state index in [2.05, 4.69) is 46.3 Å². The predicted octanol–water partition coefficient (Wildman–Crippen LogP) is 5.21. The van der Waals surface area contributed by atoms with Gasteiger partial charge < -0.3 is 4.74 Å². The third-order valence-corrected chi connectivity index (χ3v) is 4.00. The van der Waals surface area contributed by atoms with E-state index in [0.29, 0.717) is 0 Å². The van der Waals surface area contributed by atoms with Crippen LogP contribution in [-0.2, 0) is 16.1 Å². The molecule has 112 valence electrons. The maximum Gasteiger partial charge on any atom is 0.322 e. The van der Waals surface area contributed by atoms with Crippen LogP contribution < -0.4 is 0 Å². The van der Waals surface area contributed by atoms with Crippen LogP contribution in [0, 0.1) is 0 Å². The molecule has 0 fully saturated rings. The first kappa shape index (κ1) is 15.0. The van der Waals surface area contributed by atoms with Crippen molar-refractivity contribution in [1.29, 1.82) is 0 Å². The standard InChI is InChI=1S/C19H17BrO2/c1-19(2,20)18(21)22-12-16-9-5-8-15-10-13-6-3-4-7-14(13)11-17(15)16/h3-11H,12H2,1-2H3. The van der Waals surface area contributed by atoms with Gasteiger partial charge in [-0.3, -0.25) is 4.79 Å². The van der Waals surface area contributed by atoms with E-state index in [4.69, 9.17) is 4.74 Å². The zero-order chi connectivity index (χ0) is 15.7. The van der Waals surface area contributed by atoms with Gasteiger partial charge >= 0.3 is 5.97 Å². The zero-order valence-corrected chi connectivity index (χ0v) is 14.2. The molecule has 22 heavy (non-hydrogen) atoms. The molecule has 2 nitrogen and oxygen atoms in total. The normalized spacial score (nSPS) is 11.8. The van der Waals surface area contributed by atoms with Gasteiger partial charge in [-0.15, -0.1) is 0 Å². The Labute approximate surface area is 138 Å². The van der Waals surface area contributed by atoms with Crippen LogP contribution in [-0.4, -0.2) is 10.3 Å². The Morgan fingerprint density at radius 1 is 1.00 bits per heavy atom. The molecule has 0 aliphatic carbocycles. The number of esters is 1. The molecule has 0 bridgehead atoms. The monoisotopic (exact) mass is 356 g/mol. The van der Waals surface area contributed by atoms with Gasteiger partial charge in [0.25, 0.3) is 0 Å². The molecule has 0 saturated carbocycles. The lowest BCUT2D eigenvalue weighted by Crippen LogP contribution is -2.26. The fourth-order valence-electron chi connectivity index (χ4n) is 2.47. The highest BCUT2D eigenvalue weighted by Crippen LogP contribution is 2.26. The maximum atomic E-state index is 11.9. The molecule has 3 aromatic rings. The first-order chi connectivity index (χ1) is 10.4. The van der Waals surface area contributed by atoms with Crippen LogP contribution in [0.25, 0.3) is 21.5 Å². The number of carbonyl (C=O) groups is 1. The van der Waals surface area contributed by atoms with E-state index in [1.807, 2.05) is 24.3 Å². The molecule has 0 aliphatic heterocycles.